The van der Waals surface area contributed by atoms with Crippen LogP contribution < -0.4 is 11.1 Å². The number of sulfone groups is 1. The lowest BCUT2D eigenvalue weighted by Gasteiger charge is -2.14. The third-order valence-electron chi connectivity index (χ3n) is 3.96. The molecule has 2 aromatic carbocycles. The molecule has 0 aliphatic carbocycles. The molecule has 1 atom stereocenters. The van der Waals surface area contributed by atoms with Gasteiger partial charge in [-0.2, -0.15) is 0 Å². The molecule has 0 bridgehead atoms. The Kier molecular flexibility index (Phi) is 7.95. The predicted molar refractivity (Wildman–Crippen MR) is 108 cm³/mol. The largest absolute Gasteiger partial charge is 0.370 e. The van der Waals surface area contributed by atoms with Crippen LogP contribution in [-0.2, 0) is 25.8 Å². The Balaban J connectivity index is 2.02. The highest BCUT2D eigenvalue weighted by Gasteiger charge is 2.14. The summed E-state index contributed by atoms with van der Waals surface area (Å²) in [5.41, 5.74) is 6.16. The quantitative estimate of drug-likeness (QED) is 0.638. The Morgan fingerprint density at radius 1 is 1.00 bits per heavy atom. The molecule has 2 rings (SSSR count). The lowest BCUT2D eigenvalue weighted by atomic mass is 10.1. The molecule has 28 heavy (non-hydrogen) atoms. The van der Waals surface area contributed by atoms with E-state index in [-0.39, 0.29) is 23.6 Å². The van der Waals surface area contributed by atoms with Crippen molar-refractivity contribution < 1.29 is 18.0 Å². The summed E-state index contributed by atoms with van der Waals surface area (Å²) in [4.78, 5) is 23.4. The van der Waals surface area contributed by atoms with Gasteiger partial charge < -0.3 is 11.1 Å². The Labute approximate surface area is 165 Å². The third-order valence-corrected chi connectivity index (χ3v) is 5.40. The molecule has 6 nitrogen and oxygen atoms in total. The van der Waals surface area contributed by atoms with Gasteiger partial charge in [0.25, 0.3) is 0 Å². The highest BCUT2D eigenvalue weighted by molar-refractivity contribution is 7.94. The number of nitrogens with two attached hydrogens (primary N) is 1. The summed E-state index contributed by atoms with van der Waals surface area (Å²) in [6.07, 6.45) is 3.54. The first-order valence-electron chi connectivity index (χ1n) is 8.81. The summed E-state index contributed by atoms with van der Waals surface area (Å²) in [5, 5.41) is 3.76. The minimum Gasteiger partial charge on any atom is -0.370 e. The molecular formula is C21H23N2O4S. The summed E-state index contributed by atoms with van der Waals surface area (Å²) in [7, 11) is -3.64. The second kappa shape index (κ2) is 10.4. The summed E-state index contributed by atoms with van der Waals surface area (Å²) in [5.74, 6) is -0.869. The molecule has 2 amide bonds. The van der Waals surface area contributed by atoms with E-state index in [2.05, 4.69) is 5.32 Å². The van der Waals surface area contributed by atoms with Crippen LogP contribution in [0.1, 0.15) is 18.4 Å². The Bertz CT molecular complexity index is 910. The van der Waals surface area contributed by atoms with Gasteiger partial charge in [-0.25, -0.2) is 8.42 Å². The van der Waals surface area contributed by atoms with E-state index in [0.717, 1.165) is 11.0 Å². The van der Waals surface area contributed by atoms with E-state index in [4.69, 9.17) is 5.73 Å². The van der Waals surface area contributed by atoms with Crippen molar-refractivity contribution >= 4 is 21.7 Å². The fraction of sp³-hybridized carbons (Fsp3) is 0.190. The number of carbonyl (C=O) groups is 2. The van der Waals surface area contributed by atoms with Crippen LogP contribution in [0.4, 0.5) is 0 Å². The summed E-state index contributed by atoms with van der Waals surface area (Å²) in [6.45, 7) is 0. The molecular weight excluding hydrogens is 376 g/mol. The maximum atomic E-state index is 12.4. The van der Waals surface area contributed by atoms with Gasteiger partial charge in [-0.1, -0.05) is 54.6 Å². The molecule has 3 N–H and O–H groups in total. The van der Waals surface area contributed by atoms with Crippen molar-refractivity contribution in [2.75, 3.05) is 0 Å². The number of carbonyl (C=O) groups excluding carboxylic acids is 2. The molecule has 1 radical (unpaired) electrons. The van der Waals surface area contributed by atoms with Crippen LogP contribution in [0.25, 0.3) is 0 Å². The third kappa shape index (κ3) is 7.36. The number of rotatable bonds is 10. The molecule has 0 aliphatic rings. The maximum absolute atomic E-state index is 12.4. The molecule has 0 aromatic heterocycles. The van der Waals surface area contributed by atoms with E-state index in [1.54, 1.807) is 18.2 Å². The van der Waals surface area contributed by atoms with Gasteiger partial charge in [0, 0.05) is 17.9 Å². The number of primary amides is 1. The highest BCUT2D eigenvalue weighted by atomic mass is 32.2. The number of amides is 2. The monoisotopic (exact) mass is 399 g/mol. The van der Waals surface area contributed by atoms with Gasteiger partial charge in [-0.15, -0.1) is 0 Å². The number of hydrogen-bond donors (Lipinski definition) is 2. The predicted octanol–water partition coefficient (Wildman–Crippen LogP) is 2.17. The second-order valence-electron chi connectivity index (χ2n) is 6.20. The standard InChI is InChI=1S/C21H23N2O4S/c22-20(24)13-12-18(15-16-28(26,27)19-9-5-2-6-10-19)23-21(25)14-11-17-7-3-1-4-8-17/h1-10,14-16,18H,11-13H2,(H2,22,24)(H,23,25). The van der Waals surface area contributed by atoms with Crippen LogP contribution in [0.3, 0.4) is 0 Å². The van der Waals surface area contributed by atoms with E-state index in [9.17, 15) is 18.0 Å². The summed E-state index contributed by atoms with van der Waals surface area (Å²) >= 11 is 0. The van der Waals surface area contributed by atoms with Crippen LogP contribution in [0.2, 0.25) is 0 Å². The molecule has 0 aliphatic heterocycles. The number of benzene rings is 2. The van der Waals surface area contributed by atoms with Gasteiger partial charge in [0.1, 0.15) is 0 Å². The topological polar surface area (TPSA) is 106 Å². The Morgan fingerprint density at radius 2 is 1.61 bits per heavy atom. The van der Waals surface area contributed by atoms with Crippen molar-refractivity contribution in [3.63, 3.8) is 0 Å². The van der Waals surface area contributed by atoms with Gasteiger partial charge in [-0.05, 0) is 30.5 Å². The van der Waals surface area contributed by atoms with Crippen LogP contribution >= 0.6 is 0 Å². The van der Waals surface area contributed by atoms with E-state index < -0.39 is 21.8 Å². The van der Waals surface area contributed by atoms with Gasteiger partial charge >= 0.3 is 0 Å². The molecule has 0 saturated carbocycles. The van der Waals surface area contributed by atoms with Crippen molar-refractivity contribution in [2.45, 2.75) is 30.2 Å². The van der Waals surface area contributed by atoms with Crippen LogP contribution in [0.5, 0.6) is 0 Å². The van der Waals surface area contributed by atoms with Gasteiger partial charge in [0.05, 0.1) is 11.3 Å². The van der Waals surface area contributed by atoms with Crippen molar-refractivity contribution in [2.24, 2.45) is 5.73 Å². The Morgan fingerprint density at radius 3 is 2.21 bits per heavy atom. The first kappa shape index (κ1) is 21.4. The lowest BCUT2D eigenvalue weighted by Crippen LogP contribution is -2.35. The average molecular weight is 399 g/mol. The van der Waals surface area contributed by atoms with Gasteiger partial charge in [0.2, 0.25) is 11.8 Å². The van der Waals surface area contributed by atoms with Gasteiger partial charge in [-0.3, -0.25) is 9.59 Å². The van der Waals surface area contributed by atoms with Crippen molar-refractivity contribution in [3.8, 4) is 0 Å². The molecule has 0 heterocycles. The van der Waals surface area contributed by atoms with E-state index >= 15 is 0 Å². The minimum atomic E-state index is -3.64. The summed E-state index contributed by atoms with van der Waals surface area (Å²) in [6, 6.07) is 16.8. The van der Waals surface area contributed by atoms with Crippen LogP contribution in [0.15, 0.2) is 77.0 Å². The molecule has 147 valence electrons. The summed E-state index contributed by atoms with van der Waals surface area (Å²) < 4.78 is 24.7. The van der Waals surface area contributed by atoms with E-state index in [0.29, 0.717) is 6.42 Å². The zero-order valence-corrected chi connectivity index (χ0v) is 16.1. The Hall–Kier alpha value is -2.93. The molecule has 0 saturated heterocycles. The number of hydrogen-bond acceptors (Lipinski definition) is 4. The van der Waals surface area contributed by atoms with Crippen LogP contribution in [-0.4, -0.2) is 26.3 Å². The fourth-order valence-electron chi connectivity index (χ4n) is 2.47. The molecule has 1 unspecified atom stereocenters. The van der Waals surface area contributed by atoms with Crippen molar-refractivity contribution in [3.05, 3.63) is 84.1 Å². The maximum Gasteiger partial charge on any atom is 0.224 e. The highest BCUT2D eigenvalue weighted by Crippen LogP contribution is 2.12. The molecule has 0 spiro atoms. The fourth-order valence-corrected chi connectivity index (χ4v) is 3.56. The first-order valence-corrected chi connectivity index (χ1v) is 10.4. The van der Waals surface area contributed by atoms with Crippen molar-refractivity contribution in [1.29, 1.82) is 0 Å². The average Bonchev–Trinajstić information content (AvgIpc) is 2.70. The zero-order valence-electron chi connectivity index (χ0n) is 15.3. The SMILES string of the molecule is NC(=O)CCC(C=CS(=O)(=O)c1ccccc1)NC(=O)[CH]Cc1ccccc1. The number of nitrogens with one attached hydrogen (secondary N) is 1. The second-order valence-corrected chi connectivity index (χ2v) is 8.03. The van der Waals surface area contributed by atoms with E-state index in [1.165, 1.54) is 24.6 Å². The van der Waals surface area contributed by atoms with Crippen molar-refractivity contribution in [1.82, 2.24) is 5.32 Å². The minimum absolute atomic E-state index is 0.0271. The normalized spacial score (nSPS) is 12.6. The first-order chi connectivity index (χ1) is 13.4. The van der Waals surface area contributed by atoms with Gasteiger partial charge in [0.15, 0.2) is 9.84 Å². The lowest BCUT2D eigenvalue weighted by molar-refractivity contribution is -0.120. The van der Waals surface area contributed by atoms with Crippen LogP contribution in [0, 0.1) is 6.42 Å². The zero-order chi connectivity index (χ0) is 20.4. The van der Waals surface area contributed by atoms with E-state index in [1.807, 2.05) is 30.3 Å². The molecule has 7 heteroatoms. The molecule has 2 aromatic rings. The smallest absolute Gasteiger partial charge is 0.224 e. The molecule has 0 fully saturated rings.